The molecular weight excluding hydrogens is 398 g/mol. The van der Waals surface area contributed by atoms with Gasteiger partial charge >= 0.3 is 0 Å². The molecule has 0 aliphatic rings. The zero-order valence-electron chi connectivity index (χ0n) is 16.9. The van der Waals surface area contributed by atoms with Gasteiger partial charge in [0.1, 0.15) is 15.4 Å². The van der Waals surface area contributed by atoms with Crippen molar-refractivity contribution >= 4 is 33.3 Å². The number of amides is 1. The Labute approximate surface area is 178 Å². The molecule has 152 valence electrons. The molecule has 2 heterocycles. The van der Waals surface area contributed by atoms with Crippen molar-refractivity contribution in [2.45, 2.75) is 13.3 Å². The van der Waals surface area contributed by atoms with Crippen LogP contribution in [-0.4, -0.2) is 30.1 Å². The van der Waals surface area contributed by atoms with E-state index in [0.717, 1.165) is 37.7 Å². The van der Waals surface area contributed by atoms with Gasteiger partial charge in [-0.05, 0) is 48.4 Å². The van der Waals surface area contributed by atoms with E-state index in [2.05, 4.69) is 15.3 Å². The number of carbonyl (C=O) groups is 1. The van der Waals surface area contributed by atoms with Crippen LogP contribution >= 0.6 is 11.3 Å². The number of aromatic nitrogens is 2. The van der Waals surface area contributed by atoms with Gasteiger partial charge in [0.15, 0.2) is 11.5 Å². The maximum Gasteiger partial charge on any atom is 0.228 e. The molecule has 0 saturated heterocycles. The molecule has 0 atom stereocenters. The molecule has 6 nitrogen and oxygen atoms in total. The van der Waals surface area contributed by atoms with E-state index in [4.69, 9.17) is 9.47 Å². The fraction of sp³-hybridized carbons (Fsp3) is 0.174. The standard InChI is InChI=1S/C23H21N3O3S/c1-14-16(22-26-18-8-5-11-24-23(18)30-22)6-4-7-17(14)25-21(27)13-15-9-10-19(28-2)20(12-15)29-3/h4-12H,13H2,1-3H3,(H,25,27). The van der Waals surface area contributed by atoms with Gasteiger partial charge in [-0.2, -0.15) is 0 Å². The van der Waals surface area contributed by atoms with E-state index in [1.54, 1.807) is 37.8 Å². The fourth-order valence-electron chi connectivity index (χ4n) is 3.26. The lowest BCUT2D eigenvalue weighted by Crippen LogP contribution is -2.15. The number of fused-ring (bicyclic) bond motifs is 1. The minimum atomic E-state index is -0.103. The van der Waals surface area contributed by atoms with Crippen LogP contribution in [0.3, 0.4) is 0 Å². The van der Waals surface area contributed by atoms with Gasteiger partial charge in [-0.15, -0.1) is 0 Å². The number of carbonyl (C=O) groups excluding carboxylic acids is 1. The van der Waals surface area contributed by atoms with Gasteiger partial charge in [-0.3, -0.25) is 4.79 Å². The number of hydrogen-bond acceptors (Lipinski definition) is 6. The third-order valence-corrected chi connectivity index (χ3v) is 5.83. The summed E-state index contributed by atoms with van der Waals surface area (Å²) in [7, 11) is 3.16. The lowest BCUT2D eigenvalue weighted by atomic mass is 10.1. The Morgan fingerprint density at radius 2 is 1.90 bits per heavy atom. The van der Waals surface area contributed by atoms with Gasteiger partial charge in [0.05, 0.1) is 20.6 Å². The Kier molecular flexibility index (Phi) is 5.63. The molecule has 0 spiro atoms. The van der Waals surface area contributed by atoms with Crippen molar-refractivity contribution in [3.8, 4) is 22.1 Å². The number of hydrogen-bond donors (Lipinski definition) is 1. The van der Waals surface area contributed by atoms with E-state index in [0.29, 0.717) is 11.5 Å². The second-order valence-electron chi connectivity index (χ2n) is 6.74. The van der Waals surface area contributed by atoms with Gasteiger partial charge in [0, 0.05) is 17.4 Å². The predicted molar refractivity (Wildman–Crippen MR) is 119 cm³/mol. The zero-order valence-corrected chi connectivity index (χ0v) is 17.7. The Hall–Kier alpha value is -3.45. The SMILES string of the molecule is COc1ccc(CC(=O)Nc2cccc(-c3nc4cccnc4s3)c2C)cc1OC. The Balaban J connectivity index is 1.55. The first kappa shape index (κ1) is 19.8. The number of benzene rings is 2. The Morgan fingerprint density at radius 1 is 1.07 bits per heavy atom. The molecule has 0 radical (unpaired) electrons. The molecular formula is C23H21N3O3S. The number of nitrogens with one attached hydrogen (secondary N) is 1. The van der Waals surface area contributed by atoms with Crippen LogP contribution in [0, 0.1) is 6.92 Å². The summed E-state index contributed by atoms with van der Waals surface area (Å²) in [6, 6.07) is 15.1. The largest absolute Gasteiger partial charge is 0.493 e. The van der Waals surface area contributed by atoms with E-state index in [1.807, 2.05) is 49.4 Å². The molecule has 0 saturated carbocycles. The summed E-state index contributed by atoms with van der Waals surface area (Å²) < 4.78 is 10.6. The van der Waals surface area contributed by atoms with E-state index in [1.165, 1.54) is 0 Å². The number of nitrogens with zero attached hydrogens (tertiary/aromatic N) is 2. The van der Waals surface area contributed by atoms with Crippen LogP contribution in [0.2, 0.25) is 0 Å². The number of pyridine rings is 1. The van der Waals surface area contributed by atoms with Crippen molar-refractivity contribution in [3.05, 3.63) is 65.9 Å². The first-order chi connectivity index (χ1) is 14.6. The zero-order chi connectivity index (χ0) is 21.1. The topological polar surface area (TPSA) is 73.3 Å². The molecule has 0 bridgehead atoms. The summed E-state index contributed by atoms with van der Waals surface area (Å²) in [5.41, 5.74) is 4.44. The third kappa shape index (κ3) is 3.97. The van der Waals surface area contributed by atoms with Crippen molar-refractivity contribution in [1.29, 1.82) is 0 Å². The van der Waals surface area contributed by atoms with Crippen LogP contribution in [-0.2, 0) is 11.2 Å². The predicted octanol–water partition coefficient (Wildman–Crippen LogP) is 4.87. The monoisotopic (exact) mass is 419 g/mol. The van der Waals surface area contributed by atoms with Crippen LogP contribution in [0.1, 0.15) is 11.1 Å². The highest BCUT2D eigenvalue weighted by Crippen LogP contribution is 2.34. The first-order valence-corrected chi connectivity index (χ1v) is 10.2. The fourth-order valence-corrected chi connectivity index (χ4v) is 4.25. The van der Waals surface area contributed by atoms with Gasteiger partial charge < -0.3 is 14.8 Å². The number of rotatable bonds is 6. The van der Waals surface area contributed by atoms with E-state index in [9.17, 15) is 4.79 Å². The van der Waals surface area contributed by atoms with E-state index >= 15 is 0 Å². The second-order valence-corrected chi connectivity index (χ2v) is 7.72. The van der Waals surface area contributed by atoms with Crippen molar-refractivity contribution < 1.29 is 14.3 Å². The van der Waals surface area contributed by atoms with Crippen LogP contribution in [0.4, 0.5) is 5.69 Å². The maximum atomic E-state index is 12.7. The molecule has 7 heteroatoms. The third-order valence-electron chi connectivity index (χ3n) is 4.82. The first-order valence-electron chi connectivity index (χ1n) is 9.41. The minimum absolute atomic E-state index is 0.103. The van der Waals surface area contributed by atoms with Crippen molar-refractivity contribution in [2.75, 3.05) is 19.5 Å². The molecule has 0 unspecified atom stereocenters. The Morgan fingerprint density at radius 3 is 2.67 bits per heavy atom. The summed E-state index contributed by atoms with van der Waals surface area (Å²) in [6.45, 7) is 1.99. The number of anilines is 1. The highest BCUT2D eigenvalue weighted by atomic mass is 32.1. The lowest BCUT2D eigenvalue weighted by Gasteiger charge is -2.12. The second kappa shape index (κ2) is 8.51. The summed E-state index contributed by atoms with van der Waals surface area (Å²) >= 11 is 1.54. The summed E-state index contributed by atoms with van der Waals surface area (Å²) in [6.07, 6.45) is 2.00. The molecule has 1 amide bonds. The molecule has 2 aromatic heterocycles. The van der Waals surface area contributed by atoms with Crippen LogP contribution in [0.25, 0.3) is 20.9 Å². The van der Waals surface area contributed by atoms with Crippen molar-refractivity contribution in [1.82, 2.24) is 9.97 Å². The lowest BCUT2D eigenvalue weighted by molar-refractivity contribution is -0.115. The normalized spacial score (nSPS) is 10.8. The molecule has 30 heavy (non-hydrogen) atoms. The maximum absolute atomic E-state index is 12.7. The molecule has 0 aliphatic heterocycles. The van der Waals surface area contributed by atoms with E-state index < -0.39 is 0 Å². The molecule has 0 aliphatic carbocycles. The Bertz CT molecular complexity index is 1190. The molecule has 0 fully saturated rings. The molecule has 2 aromatic carbocycles. The number of ether oxygens (including phenoxy) is 2. The van der Waals surface area contributed by atoms with Gasteiger partial charge in [-0.1, -0.05) is 29.5 Å². The molecule has 4 aromatic rings. The summed E-state index contributed by atoms with van der Waals surface area (Å²) in [5, 5.41) is 3.91. The average Bonchev–Trinajstić information content (AvgIpc) is 3.19. The highest BCUT2D eigenvalue weighted by Gasteiger charge is 2.14. The molecule has 1 N–H and O–H groups in total. The van der Waals surface area contributed by atoms with Gasteiger partial charge in [0.2, 0.25) is 5.91 Å². The smallest absolute Gasteiger partial charge is 0.228 e. The summed E-state index contributed by atoms with van der Waals surface area (Å²) in [5.74, 6) is 1.13. The highest BCUT2D eigenvalue weighted by molar-refractivity contribution is 7.21. The molecule has 4 rings (SSSR count). The number of methoxy groups -OCH3 is 2. The average molecular weight is 420 g/mol. The minimum Gasteiger partial charge on any atom is -0.493 e. The number of thiazole rings is 1. The van der Waals surface area contributed by atoms with Crippen molar-refractivity contribution in [3.63, 3.8) is 0 Å². The van der Waals surface area contributed by atoms with Crippen LogP contribution in [0.15, 0.2) is 54.7 Å². The van der Waals surface area contributed by atoms with Gasteiger partial charge in [-0.25, -0.2) is 9.97 Å². The van der Waals surface area contributed by atoms with Crippen molar-refractivity contribution in [2.24, 2.45) is 0 Å². The van der Waals surface area contributed by atoms with Crippen LogP contribution in [0.5, 0.6) is 11.5 Å². The van der Waals surface area contributed by atoms with Gasteiger partial charge in [0.25, 0.3) is 0 Å². The van der Waals surface area contributed by atoms with Crippen LogP contribution < -0.4 is 14.8 Å². The van der Waals surface area contributed by atoms with E-state index in [-0.39, 0.29) is 12.3 Å². The summed E-state index contributed by atoms with van der Waals surface area (Å²) in [4.78, 5) is 22.6. The quantitative estimate of drug-likeness (QED) is 0.483.